The monoisotopic (exact) mass is 423 g/mol. The smallest absolute Gasteiger partial charge is 0.227 e. The van der Waals surface area contributed by atoms with Crippen LogP contribution in [0.15, 0.2) is 35.1 Å². The van der Waals surface area contributed by atoms with E-state index in [-0.39, 0.29) is 11.8 Å². The fourth-order valence-corrected chi connectivity index (χ4v) is 3.43. The van der Waals surface area contributed by atoms with Gasteiger partial charge >= 0.3 is 0 Å². The molecular weight excluding hydrogens is 406 g/mol. The highest BCUT2D eigenvalue weighted by molar-refractivity contribution is 9.10. The van der Waals surface area contributed by atoms with E-state index in [1.807, 2.05) is 24.3 Å². The second-order valence-electron chi connectivity index (χ2n) is 5.87. The lowest BCUT2D eigenvalue weighted by molar-refractivity contribution is -0.120. The van der Waals surface area contributed by atoms with E-state index in [1.165, 1.54) is 6.33 Å². The molecule has 0 unspecified atom stereocenters. The number of amides is 1. The van der Waals surface area contributed by atoms with Gasteiger partial charge < -0.3 is 15.5 Å². The lowest BCUT2D eigenvalue weighted by Crippen LogP contribution is -2.39. The molecule has 1 amide bonds. The summed E-state index contributed by atoms with van der Waals surface area (Å²) in [5.74, 6) is 0.848. The summed E-state index contributed by atoms with van der Waals surface area (Å²) in [4.78, 5) is 23.0. The van der Waals surface area contributed by atoms with Crippen molar-refractivity contribution in [3.05, 3.63) is 40.2 Å². The molecule has 0 spiro atoms. The summed E-state index contributed by atoms with van der Waals surface area (Å²) in [6, 6.07) is 7.60. The Labute approximate surface area is 160 Å². The molecule has 6 nitrogen and oxygen atoms in total. The van der Waals surface area contributed by atoms with Gasteiger partial charge in [-0.3, -0.25) is 4.79 Å². The van der Waals surface area contributed by atoms with Crippen molar-refractivity contribution < 1.29 is 4.79 Å². The number of hydrogen-bond acceptors (Lipinski definition) is 5. The van der Waals surface area contributed by atoms with Crippen LogP contribution in [0.5, 0.6) is 0 Å². The van der Waals surface area contributed by atoms with Gasteiger partial charge in [-0.15, -0.1) is 0 Å². The highest BCUT2D eigenvalue weighted by atomic mass is 79.9. The standard InChI is InChI=1S/C17H19BrClN5O/c1-20-14-15(19)21-10-22-16(14)24-8-6-11(7-9-24)17(25)23-13-4-2-12(18)3-5-13/h2-5,10-11,20H,6-9H2,1H3,(H,23,25). The lowest BCUT2D eigenvalue weighted by Gasteiger charge is -2.33. The van der Waals surface area contributed by atoms with Gasteiger partial charge in [-0.25, -0.2) is 9.97 Å². The maximum absolute atomic E-state index is 12.5. The molecule has 1 aliphatic rings. The second-order valence-corrected chi connectivity index (χ2v) is 7.14. The Morgan fingerprint density at radius 3 is 2.56 bits per heavy atom. The van der Waals surface area contributed by atoms with Crippen LogP contribution in [0.4, 0.5) is 17.2 Å². The van der Waals surface area contributed by atoms with Gasteiger partial charge in [0.15, 0.2) is 11.0 Å². The Morgan fingerprint density at radius 1 is 1.24 bits per heavy atom. The number of anilines is 3. The average Bonchev–Trinajstić information content (AvgIpc) is 2.63. The third-order valence-electron chi connectivity index (χ3n) is 4.31. The zero-order chi connectivity index (χ0) is 17.8. The third kappa shape index (κ3) is 4.22. The fraction of sp³-hybridized carbons (Fsp3) is 0.353. The van der Waals surface area contributed by atoms with E-state index < -0.39 is 0 Å². The first-order valence-corrected chi connectivity index (χ1v) is 9.25. The number of nitrogens with one attached hydrogen (secondary N) is 2. The van der Waals surface area contributed by atoms with Crippen LogP contribution in [0.25, 0.3) is 0 Å². The number of benzene rings is 1. The van der Waals surface area contributed by atoms with Crippen LogP contribution in [0, 0.1) is 5.92 Å². The first-order chi connectivity index (χ1) is 12.1. The first kappa shape index (κ1) is 17.9. The molecule has 25 heavy (non-hydrogen) atoms. The Kier molecular flexibility index (Phi) is 5.75. The van der Waals surface area contributed by atoms with E-state index in [9.17, 15) is 4.79 Å². The Balaban J connectivity index is 1.61. The molecule has 1 aliphatic heterocycles. The highest BCUT2D eigenvalue weighted by Crippen LogP contribution is 2.31. The van der Waals surface area contributed by atoms with Crippen LogP contribution in [-0.4, -0.2) is 36.0 Å². The molecule has 0 saturated carbocycles. The zero-order valence-corrected chi connectivity index (χ0v) is 16.1. The van der Waals surface area contributed by atoms with Crippen LogP contribution in [0.3, 0.4) is 0 Å². The molecule has 0 atom stereocenters. The molecule has 1 aromatic heterocycles. The summed E-state index contributed by atoms with van der Waals surface area (Å²) in [7, 11) is 1.80. The summed E-state index contributed by atoms with van der Waals surface area (Å²) in [6.07, 6.45) is 3.01. The number of nitrogens with zero attached hydrogens (tertiary/aromatic N) is 3. The largest absolute Gasteiger partial charge is 0.383 e. The first-order valence-electron chi connectivity index (χ1n) is 8.08. The van der Waals surface area contributed by atoms with E-state index in [4.69, 9.17) is 11.6 Å². The lowest BCUT2D eigenvalue weighted by atomic mass is 9.95. The molecule has 1 aromatic carbocycles. The van der Waals surface area contributed by atoms with Gasteiger partial charge in [0.1, 0.15) is 12.0 Å². The summed E-state index contributed by atoms with van der Waals surface area (Å²) in [6.45, 7) is 1.50. The van der Waals surface area contributed by atoms with Gasteiger partial charge in [0, 0.05) is 36.2 Å². The minimum absolute atomic E-state index is 0.00441. The average molecular weight is 425 g/mol. The summed E-state index contributed by atoms with van der Waals surface area (Å²) < 4.78 is 0.989. The number of carbonyl (C=O) groups excluding carboxylic acids is 1. The Morgan fingerprint density at radius 2 is 1.92 bits per heavy atom. The van der Waals surface area contributed by atoms with Gasteiger partial charge in [-0.05, 0) is 37.1 Å². The Hall–Kier alpha value is -1.86. The SMILES string of the molecule is CNc1c(Cl)ncnc1N1CCC(C(=O)Nc2ccc(Br)cc2)CC1. The number of hydrogen-bond donors (Lipinski definition) is 2. The summed E-state index contributed by atoms with van der Waals surface area (Å²) in [5.41, 5.74) is 1.54. The number of piperidine rings is 1. The predicted octanol–water partition coefficient (Wildman–Crippen LogP) is 3.79. The molecule has 0 aliphatic carbocycles. The molecule has 0 radical (unpaired) electrons. The number of aromatic nitrogens is 2. The topological polar surface area (TPSA) is 70.2 Å². The molecule has 2 heterocycles. The van der Waals surface area contributed by atoms with Crippen molar-refractivity contribution in [2.45, 2.75) is 12.8 Å². The molecule has 2 aromatic rings. The Bertz CT molecular complexity index is 747. The van der Waals surface area contributed by atoms with Crippen molar-refractivity contribution >= 4 is 50.6 Å². The minimum atomic E-state index is -0.00441. The van der Waals surface area contributed by atoms with E-state index in [1.54, 1.807) is 7.05 Å². The van der Waals surface area contributed by atoms with E-state index in [0.717, 1.165) is 47.6 Å². The van der Waals surface area contributed by atoms with Crippen LogP contribution in [0.2, 0.25) is 5.15 Å². The van der Waals surface area contributed by atoms with Crippen molar-refractivity contribution in [1.29, 1.82) is 0 Å². The van der Waals surface area contributed by atoms with Crippen LogP contribution in [-0.2, 0) is 4.79 Å². The number of rotatable bonds is 4. The van der Waals surface area contributed by atoms with E-state index in [0.29, 0.717) is 5.15 Å². The maximum atomic E-state index is 12.5. The predicted molar refractivity (Wildman–Crippen MR) is 104 cm³/mol. The van der Waals surface area contributed by atoms with Crippen LogP contribution in [0.1, 0.15) is 12.8 Å². The molecular formula is C17H19BrClN5O. The van der Waals surface area contributed by atoms with Crippen molar-refractivity contribution in [1.82, 2.24) is 9.97 Å². The molecule has 8 heteroatoms. The van der Waals surface area contributed by atoms with Crippen molar-refractivity contribution in [2.75, 3.05) is 35.7 Å². The minimum Gasteiger partial charge on any atom is -0.383 e. The molecule has 3 rings (SSSR count). The second kappa shape index (κ2) is 8.01. The molecule has 132 valence electrons. The van der Waals surface area contributed by atoms with Gasteiger partial charge in [0.05, 0.1) is 0 Å². The van der Waals surface area contributed by atoms with Crippen molar-refractivity contribution in [3.63, 3.8) is 0 Å². The third-order valence-corrected chi connectivity index (χ3v) is 5.12. The quantitative estimate of drug-likeness (QED) is 0.731. The zero-order valence-electron chi connectivity index (χ0n) is 13.8. The number of carbonyl (C=O) groups is 1. The summed E-state index contributed by atoms with van der Waals surface area (Å²) in [5, 5.41) is 6.44. The molecule has 0 bridgehead atoms. The van der Waals surface area contributed by atoms with Crippen molar-refractivity contribution in [3.8, 4) is 0 Å². The van der Waals surface area contributed by atoms with Crippen molar-refractivity contribution in [2.24, 2.45) is 5.92 Å². The maximum Gasteiger partial charge on any atom is 0.227 e. The summed E-state index contributed by atoms with van der Waals surface area (Å²) >= 11 is 9.51. The van der Waals surface area contributed by atoms with Crippen LogP contribution >= 0.6 is 27.5 Å². The normalized spacial score (nSPS) is 15.1. The van der Waals surface area contributed by atoms with E-state index in [2.05, 4.69) is 41.4 Å². The molecule has 1 fully saturated rings. The van der Waals surface area contributed by atoms with Gasteiger partial charge in [-0.1, -0.05) is 27.5 Å². The van der Waals surface area contributed by atoms with Gasteiger partial charge in [0.2, 0.25) is 5.91 Å². The van der Waals surface area contributed by atoms with Crippen LogP contribution < -0.4 is 15.5 Å². The molecule has 2 N–H and O–H groups in total. The van der Waals surface area contributed by atoms with Gasteiger partial charge in [-0.2, -0.15) is 0 Å². The fourth-order valence-electron chi connectivity index (χ4n) is 2.94. The number of halogens is 2. The molecule has 1 saturated heterocycles. The van der Waals surface area contributed by atoms with Gasteiger partial charge in [0.25, 0.3) is 0 Å². The highest BCUT2D eigenvalue weighted by Gasteiger charge is 2.27. The van der Waals surface area contributed by atoms with E-state index >= 15 is 0 Å².